The van der Waals surface area contributed by atoms with E-state index in [9.17, 15) is 8.42 Å². The van der Waals surface area contributed by atoms with E-state index in [-0.39, 0.29) is 5.75 Å². The van der Waals surface area contributed by atoms with Gasteiger partial charge in [0.15, 0.2) is 9.84 Å². The molecule has 4 nitrogen and oxygen atoms in total. The Morgan fingerprint density at radius 2 is 1.61 bits per heavy atom. The number of methoxy groups -OCH3 is 1. The first-order valence-electron chi connectivity index (χ1n) is 9.81. The average molecular weight is 554 g/mol. The zero-order valence-corrected chi connectivity index (χ0v) is 26.2. The summed E-state index contributed by atoms with van der Waals surface area (Å²) in [4.78, 5) is 4.11. The van der Waals surface area contributed by atoms with Gasteiger partial charge in [-0.25, -0.2) is 13.4 Å². The van der Waals surface area contributed by atoms with Crippen molar-refractivity contribution in [2.24, 2.45) is 0 Å². The van der Waals surface area contributed by atoms with E-state index < -0.39 is 9.84 Å². The summed E-state index contributed by atoms with van der Waals surface area (Å²) in [6, 6.07) is 5.91. The molecule has 0 spiro atoms. The van der Waals surface area contributed by atoms with Gasteiger partial charge in [-0.3, -0.25) is 0 Å². The first-order chi connectivity index (χ1) is 15.0. The van der Waals surface area contributed by atoms with Gasteiger partial charge < -0.3 is 4.74 Å². The van der Waals surface area contributed by atoms with E-state index in [4.69, 9.17) is 4.74 Å². The maximum Gasteiger partial charge on any atom is 0.171 e. The molecule has 1 aromatic heterocycles. The van der Waals surface area contributed by atoms with Gasteiger partial charge >= 0.3 is 0 Å². The van der Waals surface area contributed by atoms with Crippen LogP contribution in [0.4, 0.5) is 0 Å². The predicted octanol–water partition coefficient (Wildman–Crippen LogP) is 7.55. The van der Waals surface area contributed by atoms with Crippen LogP contribution in [0.25, 0.3) is 0 Å². The molecule has 0 bridgehead atoms. The smallest absolute Gasteiger partial charge is 0.171 e. The number of sulfone groups is 1. The quantitative estimate of drug-likeness (QED) is 0.255. The molecule has 0 aromatic carbocycles. The Hall–Kier alpha value is 0.550. The molecule has 1 aromatic rings. The van der Waals surface area contributed by atoms with Gasteiger partial charge in [0.05, 0.1) is 5.75 Å². The highest BCUT2D eigenvalue weighted by atomic mass is 33.1. The zero-order chi connectivity index (χ0) is 26.0. The van der Waals surface area contributed by atoms with E-state index in [0.29, 0.717) is 5.75 Å². The van der Waals surface area contributed by atoms with Crippen molar-refractivity contribution in [2.45, 2.75) is 46.1 Å². The molecule has 0 radical (unpaired) electrons. The van der Waals surface area contributed by atoms with Crippen molar-refractivity contribution in [3.8, 4) is 0 Å². The molecule has 0 aliphatic carbocycles. The maximum absolute atomic E-state index is 10.6. The van der Waals surface area contributed by atoms with Gasteiger partial charge in [-0.05, 0) is 54.4 Å². The second-order valence-electron chi connectivity index (χ2n) is 3.94. The summed E-state index contributed by atoms with van der Waals surface area (Å²) in [5, 5.41) is 2.08. The van der Waals surface area contributed by atoms with Crippen molar-refractivity contribution in [3.05, 3.63) is 36.4 Å². The standard InChI is InChI=1S/C6H7NS2.C5H10O2S2.C4H10O.2C2H6.2CH4S/c1-8-9-6-4-2-3-5-7-6;1-3-9(6,7)5-4-8-2;1-3-4-5-2;4*1-2/h2-5H,1H3;3H,1,4-5H2,2H3;3-4H2,1-2H3;2*1-2H3;2*2H,1H3. The number of hydrogen-bond acceptors (Lipinski definition) is 9. The Bertz CT molecular complexity index is 473. The summed E-state index contributed by atoms with van der Waals surface area (Å²) in [5.41, 5.74) is 0. The molecule has 0 unspecified atom stereocenters. The average Bonchev–Trinajstić information content (AvgIpc) is 2.85. The summed E-state index contributed by atoms with van der Waals surface area (Å²) in [7, 11) is 2.16. The van der Waals surface area contributed by atoms with Gasteiger partial charge in [0.1, 0.15) is 5.03 Å². The van der Waals surface area contributed by atoms with E-state index in [2.05, 4.69) is 43.7 Å². The van der Waals surface area contributed by atoms with Gasteiger partial charge in [-0.1, -0.05) is 58.1 Å². The van der Waals surface area contributed by atoms with Gasteiger partial charge in [-0.15, -0.1) is 0 Å². The highest BCUT2D eigenvalue weighted by molar-refractivity contribution is 8.76. The molecule has 10 heteroatoms. The maximum atomic E-state index is 10.6. The van der Waals surface area contributed by atoms with Gasteiger partial charge in [0.2, 0.25) is 0 Å². The summed E-state index contributed by atoms with van der Waals surface area (Å²) in [6.45, 7) is 14.2. The van der Waals surface area contributed by atoms with Crippen LogP contribution in [0.2, 0.25) is 0 Å². The van der Waals surface area contributed by atoms with Crippen LogP contribution in [0.5, 0.6) is 0 Å². The third-order valence-corrected chi connectivity index (χ3v) is 5.78. The van der Waals surface area contributed by atoms with Crippen molar-refractivity contribution < 1.29 is 13.2 Å². The number of thiol groups is 2. The molecule has 0 fully saturated rings. The minimum absolute atomic E-state index is 0.206. The second kappa shape index (κ2) is 48.1. The molecule has 0 amide bonds. The van der Waals surface area contributed by atoms with Crippen LogP contribution in [0.15, 0.2) is 41.4 Å². The van der Waals surface area contributed by atoms with Crippen LogP contribution < -0.4 is 0 Å². The molecule has 1 heterocycles. The van der Waals surface area contributed by atoms with Gasteiger partial charge in [0, 0.05) is 31.1 Å². The molecule has 0 saturated carbocycles. The highest BCUT2D eigenvalue weighted by Gasteiger charge is 2.01. The fourth-order valence-corrected chi connectivity index (χ4v) is 3.95. The molecule has 0 N–H and O–H groups in total. The Morgan fingerprint density at radius 1 is 1.10 bits per heavy atom. The summed E-state index contributed by atoms with van der Waals surface area (Å²) < 4.78 is 25.9. The SMILES string of the molecule is C=CS(=O)(=O)CCSC.CC.CC.CCCOC.CS.CS.CSSc1ccccn1. The number of ether oxygens (including phenoxy) is 1. The fourth-order valence-electron chi connectivity index (χ4n) is 0.969. The lowest BCUT2D eigenvalue weighted by molar-refractivity contribution is 0.199. The largest absolute Gasteiger partial charge is 0.385 e. The number of rotatable bonds is 8. The molecular formula is C21H47NO3S6. The summed E-state index contributed by atoms with van der Waals surface area (Å²) in [5.74, 6) is 0.853. The van der Waals surface area contributed by atoms with E-state index in [1.54, 1.807) is 47.4 Å². The summed E-state index contributed by atoms with van der Waals surface area (Å²) in [6.07, 6.45) is 10.2. The molecule has 31 heavy (non-hydrogen) atoms. The Kier molecular flexibility index (Phi) is 70.0. The van der Waals surface area contributed by atoms with Crippen molar-refractivity contribution in [1.82, 2.24) is 4.98 Å². The lowest BCUT2D eigenvalue weighted by Gasteiger charge is -1.92. The van der Waals surface area contributed by atoms with Gasteiger partial charge in [0.25, 0.3) is 0 Å². The Morgan fingerprint density at radius 3 is 1.87 bits per heavy atom. The number of pyridine rings is 1. The first kappa shape index (κ1) is 45.1. The zero-order valence-electron chi connectivity index (χ0n) is 21.1. The van der Waals surface area contributed by atoms with Gasteiger partial charge in [-0.2, -0.15) is 37.0 Å². The number of nitrogens with zero attached hydrogens (tertiary/aromatic N) is 1. The lowest BCUT2D eigenvalue weighted by atomic mass is 10.5. The number of hydrogen-bond donors (Lipinski definition) is 2. The molecule has 0 atom stereocenters. The van der Waals surface area contributed by atoms with E-state index >= 15 is 0 Å². The van der Waals surface area contributed by atoms with Crippen molar-refractivity contribution in [3.63, 3.8) is 0 Å². The Labute approximate surface area is 218 Å². The monoisotopic (exact) mass is 553 g/mol. The molecule has 0 aliphatic rings. The fraction of sp³-hybridized carbons (Fsp3) is 0.667. The minimum atomic E-state index is -2.94. The van der Waals surface area contributed by atoms with Crippen molar-refractivity contribution in [1.29, 1.82) is 0 Å². The predicted molar refractivity (Wildman–Crippen MR) is 161 cm³/mol. The second-order valence-corrected chi connectivity index (χ2v) is 9.41. The molecule has 190 valence electrons. The molecular weight excluding hydrogens is 507 g/mol. The van der Waals surface area contributed by atoms with Crippen LogP contribution in [-0.2, 0) is 14.6 Å². The number of aromatic nitrogens is 1. The van der Waals surface area contributed by atoms with Crippen LogP contribution >= 0.6 is 58.6 Å². The third-order valence-electron chi connectivity index (χ3n) is 2.04. The van der Waals surface area contributed by atoms with Crippen LogP contribution in [0, 0.1) is 0 Å². The van der Waals surface area contributed by atoms with E-state index in [1.807, 2.05) is 58.4 Å². The van der Waals surface area contributed by atoms with Crippen LogP contribution in [-0.4, -0.2) is 63.6 Å². The normalized spacial score (nSPS) is 8.13. The van der Waals surface area contributed by atoms with Crippen LogP contribution in [0.1, 0.15) is 41.0 Å². The third kappa shape index (κ3) is 53.6. The van der Waals surface area contributed by atoms with Crippen LogP contribution in [0.3, 0.4) is 0 Å². The first-order valence-corrected chi connectivity index (χ1v) is 17.3. The summed E-state index contributed by atoms with van der Waals surface area (Å²) >= 11 is 8.57. The molecule has 0 aliphatic heterocycles. The van der Waals surface area contributed by atoms with E-state index in [1.165, 1.54) is 11.8 Å². The molecule has 0 saturated heterocycles. The van der Waals surface area contributed by atoms with Crippen molar-refractivity contribution >= 4 is 68.4 Å². The highest BCUT2D eigenvalue weighted by Crippen LogP contribution is 2.25. The molecule has 1 rings (SSSR count). The Balaban J connectivity index is -0.0000000665. The van der Waals surface area contributed by atoms with Crippen molar-refractivity contribution in [2.75, 3.05) is 50.2 Å². The lowest BCUT2D eigenvalue weighted by Crippen LogP contribution is -2.03. The minimum Gasteiger partial charge on any atom is -0.385 e. The van der Waals surface area contributed by atoms with E-state index in [0.717, 1.165) is 23.5 Å². The topological polar surface area (TPSA) is 56.3 Å². The number of thioether (sulfide) groups is 1.